The number of benzene rings is 2. The minimum absolute atomic E-state index is 0.0687. The Bertz CT molecular complexity index is 908. The molecular weight excluding hydrogens is 378 g/mol. The molecule has 2 amide bonds. The summed E-state index contributed by atoms with van der Waals surface area (Å²) in [4.78, 5) is 27.4. The fourth-order valence-electron chi connectivity index (χ4n) is 4.15. The van der Waals surface area contributed by atoms with E-state index in [-0.39, 0.29) is 30.2 Å². The topological polar surface area (TPSA) is 70.7 Å². The lowest BCUT2D eigenvalue weighted by Crippen LogP contribution is -2.42. The molecule has 30 heavy (non-hydrogen) atoms. The first-order valence-corrected chi connectivity index (χ1v) is 10.7. The third kappa shape index (κ3) is 4.93. The standard InChI is InChI=1S/C24H29N3O3/c1-17(25-24(29)19-14-18-7-2-3-10-22(18)30-16-19)13-23(28)26-20-8-6-9-21(15-20)27-11-4-5-12-27/h2-3,6-10,15,17,19H,4-5,11-14,16H2,1H3,(H,25,29)(H,26,28). The van der Waals surface area contributed by atoms with Gasteiger partial charge in [0, 0.05) is 36.9 Å². The average molecular weight is 408 g/mol. The molecule has 2 aromatic carbocycles. The Labute approximate surface area is 177 Å². The summed E-state index contributed by atoms with van der Waals surface area (Å²) in [6, 6.07) is 15.5. The molecule has 158 valence electrons. The van der Waals surface area contributed by atoms with Gasteiger partial charge >= 0.3 is 0 Å². The number of anilines is 2. The highest BCUT2D eigenvalue weighted by atomic mass is 16.5. The van der Waals surface area contributed by atoms with Crippen LogP contribution in [0.4, 0.5) is 11.4 Å². The SMILES string of the molecule is CC(CC(=O)Nc1cccc(N2CCCC2)c1)NC(=O)C1COc2ccccc2C1. The zero-order chi connectivity index (χ0) is 20.9. The third-order valence-electron chi connectivity index (χ3n) is 5.73. The molecule has 4 rings (SSSR count). The molecule has 1 saturated heterocycles. The van der Waals surface area contributed by atoms with Gasteiger partial charge in [-0.05, 0) is 56.0 Å². The number of hydrogen-bond acceptors (Lipinski definition) is 4. The highest BCUT2D eigenvalue weighted by Crippen LogP contribution is 2.27. The van der Waals surface area contributed by atoms with Crippen LogP contribution in [-0.4, -0.2) is 37.6 Å². The maximum atomic E-state index is 12.6. The van der Waals surface area contributed by atoms with Crippen molar-refractivity contribution in [2.45, 2.75) is 38.6 Å². The average Bonchev–Trinajstić information content (AvgIpc) is 3.28. The van der Waals surface area contributed by atoms with Gasteiger partial charge in [0.2, 0.25) is 11.8 Å². The van der Waals surface area contributed by atoms with Crippen molar-refractivity contribution in [1.82, 2.24) is 5.32 Å². The monoisotopic (exact) mass is 407 g/mol. The molecule has 6 nitrogen and oxygen atoms in total. The molecule has 0 aromatic heterocycles. The van der Waals surface area contributed by atoms with Gasteiger partial charge in [-0.3, -0.25) is 9.59 Å². The van der Waals surface area contributed by atoms with Crippen molar-refractivity contribution in [1.29, 1.82) is 0 Å². The van der Waals surface area contributed by atoms with E-state index >= 15 is 0 Å². The Hall–Kier alpha value is -3.02. The number of carbonyl (C=O) groups excluding carboxylic acids is 2. The first-order valence-electron chi connectivity index (χ1n) is 10.7. The van der Waals surface area contributed by atoms with E-state index in [0.717, 1.165) is 35.8 Å². The summed E-state index contributed by atoms with van der Waals surface area (Å²) < 4.78 is 5.71. The largest absolute Gasteiger partial charge is 0.492 e. The minimum atomic E-state index is -0.253. The van der Waals surface area contributed by atoms with Crippen LogP contribution in [0.3, 0.4) is 0 Å². The van der Waals surface area contributed by atoms with E-state index in [1.807, 2.05) is 49.4 Å². The lowest BCUT2D eigenvalue weighted by atomic mass is 9.95. The van der Waals surface area contributed by atoms with Gasteiger partial charge in [0.25, 0.3) is 0 Å². The molecule has 0 spiro atoms. The summed E-state index contributed by atoms with van der Waals surface area (Å²) in [5, 5.41) is 5.93. The molecule has 2 aliphatic heterocycles. The van der Waals surface area contributed by atoms with E-state index in [2.05, 4.69) is 21.6 Å². The summed E-state index contributed by atoms with van der Waals surface area (Å²) >= 11 is 0. The van der Waals surface area contributed by atoms with Crippen molar-refractivity contribution in [2.75, 3.05) is 29.9 Å². The van der Waals surface area contributed by atoms with Gasteiger partial charge in [0.15, 0.2) is 0 Å². The van der Waals surface area contributed by atoms with Crippen molar-refractivity contribution in [3.63, 3.8) is 0 Å². The van der Waals surface area contributed by atoms with Crippen LogP contribution >= 0.6 is 0 Å². The highest BCUT2D eigenvalue weighted by molar-refractivity contribution is 5.92. The van der Waals surface area contributed by atoms with E-state index in [0.29, 0.717) is 13.0 Å². The van der Waals surface area contributed by atoms with Gasteiger partial charge in [-0.2, -0.15) is 0 Å². The van der Waals surface area contributed by atoms with Gasteiger partial charge < -0.3 is 20.3 Å². The highest BCUT2D eigenvalue weighted by Gasteiger charge is 2.27. The van der Waals surface area contributed by atoms with E-state index in [9.17, 15) is 9.59 Å². The number of rotatable bonds is 6. The summed E-state index contributed by atoms with van der Waals surface area (Å²) in [5.74, 6) is 0.445. The molecule has 2 atom stereocenters. The molecule has 2 heterocycles. The fraction of sp³-hybridized carbons (Fsp3) is 0.417. The number of hydrogen-bond donors (Lipinski definition) is 2. The summed E-state index contributed by atoms with van der Waals surface area (Å²) in [7, 11) is 0. The van der Waals surface area contributed by atoms with Gasteiger partial charge in [0.05, 0.1) is 5.92 Å². The zero-order valence-electron chi connectivity index (χ0n) is 17.4. The number of amides is 2. The maximum Gasteiger partial charge on any atom is 0.227 e. The quantitative estimate of drug-likeness (QED) is 0.770. The summed E-state index contributed by atoms with van der Waals surface area (Å²) in [6.45, 7) is 4.35. The fourth-order valence-corrected chi connectivity index (χ4v) is 4.15. The molecule has 0 saturated carbocycles. The Morgan fingerprint density at radius 3 is 2.77 bits per heavy atom. The molecule has 0 aliphatic carbocycles. The predicted octanol–water partition coefficient (Wildman–Crippen LogP) is 3.37. The van der Waals surface area contributed by atoms with Crippen molar-refractivity contribution in [2.24, 2.45) is 5.92 Å². The van der Waals surface area contributed by atoms with Crippen LogP contribution in [0.1, 0.15) is 31.7 Å². The number of fused-ring (bicyclic) bond motifs is 1. The van der Waals surface area contributed by atoms with Gasteiger partial charge in [0.1, 0.15) is 12.4 Å². The van der Waals surface area contributed by atoms with E-state index in [1.54, 1.807) is 0 Å². The van der Waals surface area contributed by atoms with Gasteiger partial charge in [-0.1, -0.05) is 24.3 Å². The molecule has 2 aromatic rings. The second-order valence-corrected chi connectivity index (χ2v) is 8.23. The van der Waals surface area contributed by atoms with E-state index < -0.39 is 0 Å². The Kier molecular flexibility index (Phi) is 6.21. The molecule has 0 bridgehead atoms. The first-order chi connectivity index (χ1) is 14.6. The van der Waals surface area contributed by atoms with Crippen LogP contribution in [0.25, 0.3) is 0 Å². The van der Waals surface area contributed by atoms with Crippen molar-refractivity contribution < 1.29 is 14.3 Å². The Morgan fingerprint density at radius 2 is 1.93 bits per heavy atom. The molecular formula is C24H29N3O3. The molecule has 1 fully saturated rings. The maximum absolute atomic E-state index is 12.6. The molecule has 2 N–H and O–H groups in total. The Morgan fingerprint density at radius 1 is 1.13 bits per heavy atom. The predicted molar refractivity (Wildman–Crippen MR) is 118 cm³/mol. The minimum Gasteiger partial charge on any atom is -0.492 e. The van der Waals surface area contributed by atoms with Gasteiger partial charge in [-0.25, -0.2) is 0 Å². The number of nitrogens with one attached hydrogen (secondary N) is 2. The molecule has 6 heteroatoms. The van der Waals surface area contributed by atoms with Crippen molar-refractivity contribution in [3.8, 4) is 5.75 Å². The van der Waals surface area contributed by atoms with Crippen molar-refractivity contribution >= 4 is 23.2 Å². The van der Waals surface area contributed by atoms with Gasteiger partial charge in [-0.15, -0.1) is 0 Å². The van der Waals surface area contributed by atoms with Crippen molar-refractivity contribution in [3.05, 3.63) is 54.1 Å². The van der Waals surface area contributed by atoms with Crippen LogP contribution < -0.4 is 20.3 Å². The first kappa shape index (κ1) is 20.3. The number of nitrogens with zero attached hydrogens (tertiary/aromatic N) is 1. The third-order valence-corrected chi connectivity index (χ3v) is 5.73. The summed E-state index contributed by atoms with van der Waals surface area (Å²) in [5.41, 5.74) is 2.98. The van der Waals surface area contributed by atoms with E-state index in [4.69, 9.17) is 4.74 Å². The molecule has 2 aliphatic rings. The molecule has 2 unspecified atom stereocenters. The number of para-hydroxylation sites is 1. The van der Waals surface area contributed by atoms with Crippen LogP contribution in [0.5, 0.6) is 5.75 Å². The Balaban J connectivity index is 1.27. The lowest BCUT2D eigenvalue weighted by molar-refractivity contribution is -0.127. The number of carbonyl (C=O) groups is 2. The lowest BCUT2D eigenvalue weighted by Gasteiger charge is -2.25. The van der Waals surface area contributed by atoms with E-state index in [1.165, 1.54) is 12.8 Å². The zero-order valence-corrected chi connectivity index (χ0v) is 17.4. The molecule has 0 radical (unpaired) electrons. The smallest absolute Gasteiger partial charge is 0.227 e. The van der Waals surface area contributed by atoms with Crippen LogP contribution in [-0.2, 0) is 16.0 Å². The van der Waals surface area contributed by atoms with Crippen LogP contribution in [0, 0.1) is 5.92 Å². The normalized spacial score (nSPS) is 18.8. The van der Waals surface area contributed by atoms with Crippen LogP contribution in [0.15, 0.2) is 48.5 Å². The van der Waals surface area contributed by atoms with Crippen LogP contribution in [0.2, 0.25) is 0 Å². The second-order valence-electron chi connectivity index (χ2n) is 8.23. The second kappa shape index (κ2) is 9.20. The number of ether oxygens (including phenoxy) is 1. The summed E-state index contributed by atoms with van der Waals surface area (Å²) in [6.07, 6.45) is 3.31.